The lowest BCUT2D eigenvalue weighted by molar-refractivity contribution is -0.384. The summed E-state index contributed by atoms with van der Waals surface area (Å²) in [5.41, 5.74) is -0.724. The summed E-state index contributed by atoms with van der Waals surface area (Å²) in [7, 11) is 0. The predicted molar refractivity (Wildman–Crippen MR) is 68.8 cm³/mol. The monoisotopic (exact) mass is 282 g/mol. The zero-order valence-corrected chi connectivity index (χ0v) is 10.7. The lowest BCUT2D eigenvalue weighted by atomic mass is 9.92. The molecule has 1 fully saturated rings. The molecule has 1 saturated carbocycles. The second kappa shape index (κ2) is 5.96. The molecule has 1 aromatic carbocycles. The van der Waals surface area contributed by atoms with Crippen molar-refractivity contribution in [2.75, 3.05) is 0 Å². The van der Waals surface area contributed by atoms with Crippen LogP contribution in [0.3, 0.4) is 0 Å². The highest BCUT2D eigenvalue weighted by Gasteiger charge is 2.26. The fourth-order valence-electron chi connectivity index (χ4n) is 2.33. The Kier molecular flexibility index (Phi) is 4.29. The van der Waals surface area contributed by atoms with Crippen molar-refractivity contribution in [2.24, 2.45) is 0 Å². The first kappa shape index (κ1) is 14.4. The van der Waals surface area contributed by atoms with Crippen molar-refractivity contribution in [1.82, 2.24) is 5.32 Å². The molecule has 20 heavy (non-hydrogen) atoms. The summed E-state index contributed by atoms with van der Waals surface area (Å²) in [6.07, 6.45) is 2.30. The Morgan fingerprint density at radius 1 is 1.40 bits per heavy atom. The lowest BCUT2D eigenvalue weighted by Gasteiger charge is -2.28. The van der Waals surface area contributed by atoms with Gasteiger partial charge in [-0.3, -0.25) is 14.9 Å². The molecule has 0 aromatic heterocycles. The first-order valence-corrected chi connectivity index (χ1v) is 6.42. The van der Waals surface area contributed by atoms with Crippen LogP contribution in [0.5, 0.6) is 0 Å². The number of benzene rings is 1. The molecular formula is C13H15FN2O4. The summed E-state index contributed by atoms with van der Waals surface area (Å²) >= 11 is 0. The van der Waals surface area contributed by atoms with Gasteiger partial charge in [0.05, 0.1) is 22.6 Å². The number of nitro benzene ring substituents is 1. The predicted octanol–water partition coefficient (Wildman–Crippen LogP) is 1.77. The summed E-state index contributed by atoms with van der Waals surface area (Å²) in [6, 6.07) is 2.36. The van der Waals surface area contributed by atoms with E-state index in [1.807, 2.05) is 0 Å². The number of carbonyl (C=O) groups excluding carboxylic acids is 1. The second-order valence-corrected chi connectivity index (χ2v) is 4.85. The second-order valence-electron chi connectivity index (χ2n) is 4.85. The zero-order chi connectivity index (χ0) is 14.7. The van der Waals surface area contributed by atoms with Gasteiger partial charge in [0, 0.05) is 12.1 Å². The Morgan fingerprint density at radius 3 is 2.75 bits per heavy atom. The van der Waals surface area contributed by atoms with Crippen LogP contribution in [-0.2, 0) is 0 Å². The molecule has 0 bridgehead atoms. The highest BCUT2D eigenvalue weighted by molar-refractivity contribution is 5.95. The molecule has 2 atom stereocenters. The van der Waals surface area contributed by atoms with Crippen LogP contribution in [0.15, 0.2) is 18.2 Å². The van der Waals surface area contributed by atoms with Gasteiger partial charge in [-0.2, -0.15) is 0 Å². The lowest BCUT2D eigenvalue weighted by Crippen LogP contribution is -2.45. The number of aliphatic hydroxyl groups excluding tert-OH is 1. The maximum atomic E-state index is 13.6. The van der Waals surface area contributed by atoms with Crippen molar-refractivity contribution in [3.63, 3.8) is 0 Å². The van der Waals surface area contributed by atoms with Gasteiger partial charge in [-0.1, -0.05) is 12.8 Å². The maximum Gasteiger partial charge on any atom is 0.270 e. The Hall–Kier alpha value is -2.02. The Balaban J connectivity index is 2.16. The number of nitrogens with one attached hydrogen (secondary N) is 1. The van der Waals surface area contributed by atoms with E-state index in [2.05, 4.69) is 5.32 Å². The van der Waals surface area contributed by atoms with E-state index >= 15 is 0 Å². The molecule has 1 aliphatic carbocycles. The molecule has 1 aliphatic rings. The maximum absolute atomic E-state index is 13.6. The van der Waals surface area contributed by atoms with Gasteiger partial charge in [-0.25, -0.2) is 4.39 Å². The topological polar surface area (TPSA) is 92.5 Å². The molecule has 1 amide bonds. The fourth-order valence-corrected chi connectivity index (χ4v) is 2.33. The van der Waals surface area contributed by atoms with E-state index in [9.17, 15) is 24.4 Å². The molecule has 2 rings (SSSR count). The Morgan fingerprint density at radius 2 is 2.10 bits per heavy atom. The molecule has 0 spiro atoms. The summed E-state index contributed by atoms with van der Waals surface area (Å²) in [5, 5.41) is 22.9. The van der Waals surface area contributed by atoms with E-state index in [-0.39, 0.29) is 11.3 Å². The summed E-state index contributed by atoms with van der Waals surface area (Å²) in [5.74, 6) is -1.56. The van der Waals surface area contributed by atoms with Crippen molar-refractivity contribution < 1.29 is 19.2 Å². The molecule has 0 aliphatic heterocycles. The van der Waals surface area contributed by atoms with Crippen LogP contribution >= 0.6 is 0 Å². The van der Waals surface area contributed by atoms with E-state index < -0.39 is 28.8 Å². The number of amides is 1. The van der Waals surface area contributed by atoms with Gasteiger partial charge < -0.3 is 10.4 Å². The summed E-state index contributed by atoms with van der Waals surface area (Å²) in [4.78, 5) is 21.9. The van der Waals surface area contributed by atoms with Crippen molar-refractivity contribution in [1.29, 1.82) is 0 Å². The fraction of sp³-hybridized carbons (Fsp3) is 0.462. The van der Waals surface area contributed by atoms with Gasteiger partial charge >= 0.3 is 0 Å². The van der Waals surface area contributed by atoms with Gasteiger partial charge in [0.25, 0.3) is 11.6 Å². The minimum Gasteiger partial charge on any atom is -0.391 e. The summed E-state index contributed by atoms with van der Waals surface area (Å²) in [6.45, 7) is 0. The summed E-state index contributed by atoms with van der Waals surface area (Å²) < 4.78 is 13.6. The van der Waals surface area contributed by atoms with E-state index in [4.69, 9.17) is 0 Å². The molecule has 0 saturated heterocycles. The smallest absolute Gasteiger partial charge is 0.270 e. The molecule has 7 heteroatoms. The SMILES string of the molecule is O=C(NC1CCCCC1O)c1cc([N+](=O)[O-])ccc1F. The van der Waals surface area contributed by atoms with Crippen molar-refractivity contribution in [2.45, 2.75) is 37.8 Å². The third kappa shape index (κ3) is 3.11. The standard InChI is InChI=1S/C13H15FN2O4/c14-10-6-5-8(16(19)20)7-9(10)13(18)15-11-3-1-2-4-12(11)17/h5-7,11-12,17H,1-4H2,(H,15,18). The van der Waals surface area contributed by atoms with Gasteiger partial charge in [0.2, 0.25) is 0 Å². The van der Waals surface area contributed by atoms with Crippen LogP contribution in [0.25, 0.3) is 0 Å². The highest BCUT2D eigenvalue weighted by atomic mass is 19.1. The molecule has 2 N–H and O–H groups in total. The minimum absolute atomic E-state index is 0.347. The van der Waals surface area contributed by atoms with Crippen molar-refractivity contribution >= 4 is 11.6 Å². The van der Waals surface area contributed by atoms with Crippen LogP contribution in [0.4, 0.5) is 10.1 Å². The normalized spacial score (nSPS) is 22.3. The first-order valence-electron chi connectivity index (χ1n) is 6.42. The molecule has 108 valence electrons. The molecule has 0 heterocycles. The number of carbonyl (C=O) groups is 1. The molecule has 6 nitrogen and oxygen atoms in total. The number of hydrogen-bond donors (Lipinski definition) is 2. The number of nitrogens with zero attached hydrogens (tertiary/aromatic N) is 1. The number of non-ortho nitro benzene ring substituents is 1. The molecular weight excluding hydrogens is 267 g/mol. The Bertz CT molecular complexity index is 535. The van der Waals surface area contributed by atoms with Crippen LogP contribution in [0, 0.1) is 15.9 Å². The first-order chi connectivity index (χ1) is 9.49. The number of aliphatic hydroxyl groups is 1. The van der Waals surface area contributed by atoms with Crippen LogP contribution in [0.2, 0.25) is 0 Å². The third-order valence-corrected chi connectivity index (χ3v) is 3.45. The van der Waals surface area contributed by atoms with Crippen molar-refractivity contribution in [3.8, 4) is 0 Å². The van der Waals surface area contributed by atoms with Gasteiger partial charge in [-0.05, 0) is 18.9 Å². The van der Waals surface area contributed by atoms with E-state index in [0.29, 0.717) is 12.8 Å². The molecule has 1 aromatic rings. The van der Waals surface area contributed by atoms with E-state index in [1.165, 1.54) is 0 Å². The number of nitro groups is 1. The van der Waals surface area contributed by atoms with Crippen LogP contribution in [0.1, 0.15) is 36.0 Å². The molecule has 0 radical (unpaired) electrons. The van der Waals surface area contributed by atoms with Crippen LogP contribution < -0.4 is 5.32 Å². The Labute approximate surface area is 114 Å². The van der Waals surface area contributed by atoms with Gasteiger partial charge in [0.1, 0.15) is 5.82 Å². The average molecular weight is 282 g/mol. The minimum atomic E-state index is -0.821. The third-order valence-electron chi connectivity index (χ3n) is 3.45. The van der Waals surface area contributed by atoms with Gasteiger partial charge in [0.15, 0.2) is 0 Å². The molecule has 2 unspecified atom stereocenters. The largest absolute Gasteiger partial charge is 0.391 e. The highest BCUT2D eigenvalue weighted by Crippen LogP contribution is 2.20. The quantitative estimate of drug-likeness (QED) is 0.652. The zero-order valence-electron chi connectivity index (χ0n) is 10.7. The van der Waals surface area contributed by atoms with Crippen molar-refractivity contribution in [3.05, 3.63) is 39.7 Å². The number of halogens is 1. The van der Waals surface area contributed by atoms with Crippen LogP contribution in [-0.4, -0.2) is 28.1 Å². The average Bonchev–Trinajstić information content (AvgIpc) is 2.41. The van der Waals surface area contributed by atoms with Gasteiger partial charge in [-0.15, -0.1) is 0 Å². The number of hydrogen-bond acceptors (Lipinski definition) is 4. The van der Waals surface area contributed by atoms with E-state index in [1.54, 1.807) is 0 Å². The van der Waals surface area contributed by atoms with E-state index in [0.717, 1.165) is 31.0 Å². The number of rotatable bonds is 3.